The number of halogens is 2. The van der Waals surface area contributed by atoms with Crippen molar-refractivity contribution in [1.29, 1.82) is 0 Å². The summed E-state index contributed by atoms with van der Waals surface area (Å²) < 4.78 is 0. The molecule has 28 heavy (non-hydrogen) atoms. The predicted octanol–water partition coefficient (Wildman–Crippen LogP) is 2.58. The molecule has 2 aromatic carbocycles. The number of benzene rings is 2. The Morgan fingerprint density at radius 3 is 2.71 bits per heavy atom. The van der Waals surface area contributed by atoms with Gasteiger partial charge in [-0.2, -0.15) is 0 Å². The third-order valence-corrected chi connectivity index (χ3v) is 5.34. The molecule has 3 aromatic rings. The van der Waals surface area contributed by atoms with Gasteiger partial charge < -0.3 is 15.2 Å². The van der Waals surface area contributed by atoms with E-state index in [1.54, 1.807) is 30.3 Å². The molecule has 0 radical (unpaired) electrons. The van der Waals surface area contributed by atoms with Crippen molar-refractivity contribution in [3.8, 4) is 0 Å². The monoisotopic (exact) mass is 419 g/mol. The molecule has 6 nitrogen and oxygen atoms in total. The van der Waals surface area contributed by atoms with Gasteiger partial charge in [-0.25, -0.2) is 4.98 Å². The second-order valence-corrected chi connectivity index (χ2v) is 7.37. The van der Waals surface area contributed by atoms with E-state index in [0.29, 0.717) is 45.5 Å². The molecule has 146 valence electrons. The number of aromatic nitrogens is 2. The molecule has 0 aliphatic carbocycles. The van der Waals surface area contributed by atoms with Gasteiger partial charge in [0.1, 0.15) is 6.54 Å². The number of nitrogens with one attached hydrogen (secondary N) is 3. The Morgan fingerprint density at radius 1 is 1.21 bits per heavy atom. The van der Waals surface area contributed by atoms with Crippen LogP contribution < -0.4 is 15.8 Å². The number of likely N-dealkylation sites (N-methyl/N-ethyl adjacent to an activating group) is 1. The topological polar surface area (TPSA) is 79.3 Å². The predicted molar refractivity (Wildman–Crippen MR) is 112 cm³/mol. The molecular weight excluding hydrogens is 399 g/mol. The number of carbonyl (C=O) groups is 1. The molecule has 0 spiro atoms. The highest BCUT2D eigenvalue weighted by Gasteiger charge is 2.18. The van der Waals surface area contributed by atoms with Crippen LogP contribution in [0.3, 0.4) is 0 Å². The number of rotatable bonds is 6. The Labute approximate surface area is 172 Å². The summed E-state index contributed by atoms with van der Waals surface area (Å²) in [5.41, 5.74) is 1.71. The van der Waals surface area contributed by atoms with E-state index in [1.807, 2.05) is 19.9 Å². The number of hydrogen-bond donors (Lipinski definition) is 3. The summed E-state index contributed by atoms with van der Waals surface area (Å²) in [5, 5.41) is 4.16. The molecule has 0 fully saturated rings. The lowest BCUT2D eigenvalue weighted by molar-refractivity contribution is -0.904. The van der Waals surface area contributed by atoms with E-state index < -0.39 is 0 Å². The number of amides is 1. The molecule has 1 unspecified atom stereocenters. The first-order valence-corrected chi connectivity index (χ1v) is 9.70. The molecule has 8 heteroatoms. The van der Waals surface area contributed by atoms with E-state index in [-0.39, 0.29) is 18.0 Å². The van der Waals surface area contributed by atoms with Gasteiger partial charge in [-0.05, 0) is 37.6 Å². The van der Waals surface area contributed by atoms with Crippen molar-refractivity contribution >= 4 is 45.7 Å². The molecule has 1 aromatic heterocycles. The van der Waals surface area contributed by atoms with Crippen LogP contribution >= 0.6 is 23.2 Å². The van der Waals surface area contributed by atoms with Crippen molar-refractivity contribution < 1.29 is 9.69 Å². The zero-order valence-electron chi connectivity index (χ0n) is 15.6. The van der Waals surface area contributed by atoms with Gasteiger partial charge in [-0.3, -0.25) is 9.59 Å². The average Bonchev–Trinajstić information content (AvgIpc) is 2.68. The lowest BCUT2D eigenvalue weighted by Gasteiger charge is -2.18. The van der Waals surface area contributed by atoms with Gasteiger partial charge in [0.05, 0.1) is 33.2 Å². The number of hydrogen-bond acceptors (Lipinski definition) is 3. The summed E-state index contributed by atoms with van der Waals surface area (Å²) in [6.07, 6.45) is 0. The largest absolute Gasteiger partial charge is 0.321 e. The van der Waals surface area contributed by atoms with Crippen molar-refractivity contribution in [2.24, 2.45) is 0 Å². The lowest BCUT2D eigenvalue weighted by Crippen LogP contribution is -3.11. The van der Waals surface area contributed by atoms with Crippen LogP contribution in [0.5, 0.6) is 0 Å². The number of anilines is 1. The van der Waals surface area contributed by atoms with E-state index in [9.17, 15) is 9.59 Å². The third-order valence-electron chi connectivity index (χ3n) is 4.54. The number of para-hydroxylation sites is 1. The molecule has 0 aliphatic heterocycles. The van der Waals surface area contributed by atoms with Gasteiger partial charge in [-0.1, -0.05) is 41.4 Å². The molecular formula is C20H21Cl2N4O2+. The Kier molecular flexibility index (Phi) is 6.34. The van der Waals surface area contributed by atoms with Crippen LogP contribution in [-0.4, -0.2) is 29.0 Å². The highest BCUT2D eigenvalue weighted by Crippen LogP contribution is 2.32. The maximum Gasteiger partial charge on any atom is 0.279 e. The average molecular weight is 420 g/mol. The number of aryl methyl sites for hydroxylation is 1. The van der Waals surface area contributed by atoms with Crippen LogP contribution in [0.1, 0.15) is 18.3 Å². The number of carbonyl (C=O) groups excluding carboxylic acids is 1. The van der Waals surface area contributed by atoms with Gasteiger partial charge in [0.25, 0.3) is 11.5 Å². The van der Waals surface area contributed by atoms with E-state index in [2.05, 4.69) is 15.3 Å². The van der Waals surface area contributed by atoms with E-state index in [1.165, 1.54) is 0 Å². The molecule has 0 saturated heterocycles. The minimum absolute atomic E-state index is 0.182. The summed E-state index contributed by atoms with van der Waals surface area (Å²) >= 11 is 12.4. The highest BCUT2D eigenvalue weighted by molar-refractivity contribution is 6.40. The van der Waals surface area contributed by atoms with Crippen LogP contribution in [0.4, 0.5) is 5.69 Å². The van der Waals surface area contributed by atoms with Gasteiger partial charge in [0.2, 0.25) is 0 Å². The summed E-state index contributed by atoms with van der Waals surface area (Å²) in [6, 6.07) is 10.7. The lowest BCUT2D eigenvalue weighted by atomic mass is 10.2. The zero-order valence-corrected chi connectivity index (χ0v) is 17.1. The minimum Gasteiger partial charge on any atom is -0.321 e. The Balaban J connectivity index is 1.74. The Bertz CT molecular complexity index is 1080. The van der Waals surface area contributed by atoms with Crippen molar-refractivity contribution in [3.05, 3.63) is 68.2 Å². The number of H-pyrrole nitrogens is 1. The first-order chi connectivity index (χ1) is 13.4. The van der Waals surface area contributed by atoms with Crippen LogP contribution in [0.15, 0.2) is 41.2 Å². The quantitative estimate of drug-likeness (QED) is 0.574. The van der Waals surface area contributed by atoms with Crippen molar-refractivity contribution in [2.45, 2.75) is 20.4 Å². The fourth-order valence-electron chi connectivity index (χ4n) is 2.95. The first-order valence-electron chi connectivity index (χ1n) is 8.95. The van der Waals surface area contributed by atoms with Crippen LogP contribution in [0.25, 0.3) is 10.9 Å². The van der Waals surface area contributed by atoms with Gasteiger partial charge in [-0.15, -0.1) is 0 Å². The second-order valence-electron chi connectivity index (χ2n) is 6.59. The third kappa shape index (κ3) is 4.52. The van der Waals surface area contributed by atoms with Crippen LogP contribution in [0.2, 0.25) is 10.0 Å². The first kappa shape index (κ1) is 20.3. The number of aromatic amines is 1. The molecule has 1 atom stereocenters. The molecule has 0 bridgehead atoms. The van der Waals surface area contributed by atoms with Crippen LogP contribution in [0, 0.1) is 6.92 Å². The van der Waals surface area contributed by atoms with Gasteiger partial charge >= 0.3 is 0 Å². The minimum atomic E-state index is -0.214. The van der Waals surface area contributed by atoms with Crippen LogP contribution in [-0.2, 0) is 11.3 Å². The second kappa shape index (κ2) is 8.73. The fraction of sp³-hybridized carbons (Fsp3) is 0.250. The summed E-state index contributed by atoms with van der Waals surface area (Å²) in [5.74, 6) is 0.328. The van der Waals surface area contributed by atoms with E-state index in [0.717, 1.165) is 10.5 Å². The number of quaternary nitrogens is 1. The van der Waals surface area contributed by atoms with Gasteiger partial charge in [0.15, 0.2) is 12.4 Å². The van der Waals surface area contributed by atoms with Gasteiger partial charge in [0, 0.05) is 0 Å². The molecule has 1 heterocycles. The molecule has 1 amide bonds. The Morgan fingerprint density at radius 2 is 1.96 bits per heavy atom. The molecule has 0 saturated carbocycles. The van der Waals surface area contributed by atoms with E-state index >= 15 is 0 Å². The summed E-state index contributed by atoms with van der Waals surface area (Å²) in [6.45, 7) is 5.10. The zero-order chi connectivity index (χ0) is 20.3. The molecule has 3 rings (SSSR count). The fourth-order valence-corrected chi connectivity index (χ4v) is 3.41. The summed E-state index contributed by atoms with van der Waals surface area (Å²) in [7, 11) is 0. The van der Waals surface area contributed by atoms with Crippen molar-refractivity contribution in [1.82, 2.24) is 9.97 Å². The Hall–Kier alpha value is -2.41. The summed E-state index contributed by atoms with van der Waals surface area (Å²) in [4.78, 5) is 33.0. The number of fused-ring (bicyclic) bond motifs is 1. The van der Waals surface area contributed by atoms with Crippen molar-refractivity contribution in [3.63, 3.8) is 0 Å². The normalized spacial score (nSPS) is 12.1. The highest BCUT2D eigenvalue weighted by atomic mass is 35.5. The van der Waals surface area contributed by atoms with E-state index in [4.69, 9.17) is 23.2 Å². The standard InChI is InChI=1S/C20H20Cl2N4O2/c1-3-26(10-16-23-15-7-5-4-6-13(15)20(28)24-16)11-17(27)25-19-14(21)9-8-12(2)18(19)22/h4-9H,3,10-11H2,1-2H3,(H,25,27)(H,23,24,28)/p+1. The molecule has 3 N–H and O–H groups in total. The smallest absolute Gasteiger partial charge is 0.279 e. The number of nitrogens with zero attached hydrogens (tertiary/aromatic N) is 1. The maximum atomic E-state index is 12.5. The molecule has 0 aliphatic rings. The SMILES string of the molecule is CC[NH+](CC(=O)Nc1c(Cl)ccc(C)c1Cl)Cc1nc2ccccc2c(=O)[nH]1. The maximum absolute atomic E-state index is 12.5. The van der Waals surface area contributed by atoms with Crippen molar-refractivity contribution in [2.75, 3.05) is 18.4 Å².